The monoisotopic (exact) mass is 247 g/mol. The molecule has 1 saturated carbocycles. The van der Waals surface area contributed by atoms with Gasteiger partial charge in [-0.15, -0.1) is 0 Å². The van der Waals surface area contributed by atoms with Crippen molar-refractivity contribution in [3.63, 3.8) is 0 Å². The van der Waals surface area contributed by atoms with Crippen LogP contribution >= 0.6 is 0 Å². The van der Waals surface area contributed by atoms with Crippen molar-refractivity contribution < 1.29 is 0 Å². The van der Waals surface area contributed by atoms with Crippen LogP contribution in [0, 0.1) is 11.3 Å². The minimum Gasteiger partial charge on any atom is -0.310 e. The van der Waals surface area contributed by atoms with Crippen LogP contribution in [0.1, 0.15) is 52.0 Å². The number of hydrogen-bond acceptors (Lipinski definition) is 3. The molecule has 1 N–H and O–H groups in total. The first-order valence-electron chi connectivity index (χ1n) is 7.03. The summed E-state index contributed by atoms with van der Waals surface area (Å²) in [6.45, 7) is 8.00. The highest BCUT2D eigenvalue weighted by Crippen LogP contribution is 2.37. The minimum atomic E-state index is 0.470. The fourth-order valence-corrected chi connectivity index (χ4v) is 2.85. The normalized spacial score (nSPS) is 25.1. The van der Waals surface area contributed by atoms with E-state index in [9.17, 15) is 0 Å². The summed E-state index contributed by atoms with van der Waals surface area (Å²) < 4.78 is 0. The summed E-state index contributed by atoms with van der Waals surface area (Å²) >= 11 is 0. The minimum absolute atomic E-state index is 0.470. The van der Waals surface area contributed by atoms with Crippen molar-refractivity contribution >= 4 is 0 Å². The Hall–Kier alpha value is -0.960. The maximum Gasteiger partial charge on any atom is 0.115 e. The highest BCUT2D eigenvalue weighted by Gasteiger charge is 2.29. The first-order chi connectivity index (χ1) is 8.55. The Bertz CT molecular complexity index is 348. The molecular weight excluding hydrogens is 222 g/mol. The van der Waals surface area contributed by atoms with E-state index in [4.69, 9.17) is 0 Å². The summed E-state index contributed by atoms with van der Waals surface area (Å²) in [7, 11) is 0. The second-order valence-electron chi connectivity index (χ2n) is 6.54. The molecule has 0 aliphatic heterocycles. The fraction of sp³-hybridized carbons (Fsp3) is 0.733. The van der Waals surface area contributed by atoms with E-state index in [2.05, 4.69) is 36.1 Å². The Kier molecular flexibility index (Phi) is 4.33. The van der Waals surface area contributed by atoms with E-state index in [1.165, 1.54) is 31.2 Å². The topological polar surface area (TPSA) is 37.8 Å². The van der Waals surface area contributed by atoms with Gasteiger partial charge in [0.05, 0.1) is 0 Å². The van der Waals surface area contributed by atoms with E-state index in [1.54, 1.807) is 6.33 Å². The van der Waals surface area contributed by atoms with Gasteiger partial charge in [-0.25, -0.2) is 9.97 Å². The molecule has 0 bridgehead atoms. The Labute approximate surface area is 110 Å². The molecule has 0 amide bonds. The molecule has 1 aliphatic rings. The SMILES string of the molecule is CC(C)(C)C1CCC(NCc2cncnc2)CC1. The first-order valence-corrected chi connectivity index (χ1v) is 7.03. The van der Waals surface area contributed by atoms with E-state index in [1.807, 2.05) is 12.4 Å². The van der Waals surface area contributed by atoms with Gasteiger partial charge in [0.15, 0.2) is 0 Å². The summed E-state index contributed by atoms with van der Waals surface area (Å²) in [6, 6.07) is 0.670. The van der Waals surface area contributed by atoms with E-state index in [-0.39, 0.29) is 0 Å². The summed E-state index contributed by atoms with van der Waals surface area (Å²) in [5, 5.41) is 3.63. The largest absolute Gasteiger partial charge is 0.310 e. The lowest BCUT2D eigenvalue weighted by Gasteiger charge is -2.37. The van der Waals surface area contributed by atoms with E-state index >= 15 is 0 Å². The third-order valence-corrected chi connectivity index (χ3v) is 4.16. The Balaban J connectivity index is 1.74. The molecule has 1 aromatic heterocycles. The highest BCUT2D eigenvalue weighted by atomic mass is 14.9. The second kappa shape index (κ2) is 5.79. The van der Waals surface area contributed by atoms with Crippen molar-refractivity contribution in [2.24, 2.45) is 11.3 Å². The van der Waals surface area contributed by atoms with Crippen LogP contribution in [0.15, 0.2) is 18.7 Å². The van der Waals surface area contributed by atoms with E-state index < -0.39 is 0 Å². The quantitative estimate of drug-likeness (QED) is 0.891. The average Bonchev–Trinajstić information content (AvgIpc) is 2.37. The standard InChI is InChI=1S/C15H25N3/c1-15(2,3)13-4-6-14(7-5-13)18-10-12-8-16-11-17-9-12/h8-9,11,13-14,18H,4-7,10H2,1-3H3. The molecule has 0 saturated heterocycles. The van der Waals surface area contributed by atoms with Crippen molar-refractivity contribution in [2.45, 2.75) is 59.0 Å². The van der Waals surface area contributed by atoms with Crippen LogP contribution in [0.3, 0.4) is 0 Å². The van der Waals surface area contributed by atoms with Crippen molar-refractivity contribution in [2.75, 3.05) is 0 Å². The van der Waals surface area contributed by atoms with Crippen LogP contribution in [0.25, 0.3) is 0 Å². The van der Waals surface area contributed by atoms with Crippen LogP contribution in [0.2, 0.25) is 0 Å². The predicted molar refractivity (Wildman–Crippen MR) is 74.1 cm³/mol. The maximum atomic E-state index is 4.04. The highest BCUT2D eigenvalue weighted by molar-refractivity contribution is 5.02. The third kappa shape index (κ3) is 3.77. The number of hydrogen-bond donors (Lipinski definition) is 1. The van der Waals surface area contributed by atoms with Gasteiger partial charge in [-0.05, 0) is 37.0 Å². The number of rotatable bonds is 3. The molecule has 18 heavy (non-hydrogen) atoms. The summed E-state index contributed by atoms with van der Waals surface area (Å²) in [4.78, 5) is 8.08. The molecule has 0 atom stereocenters. The van der Waals surface area contributed by atoms with Gasteiger partial charge in [-0.2, -0.15) is 0 Å². The molecule has 3 nitrogen and oxygen atoms in total. The molecule has 1 fully saturated rings. The molecular formula is C15H25N3. The van der Waals surface area contributed by atoms with E-state index in [0.717, 1.165) is 12.5 Å². The van der Waals surface area contributed by atoms with Crippen LogP contribution in [-0.2, 0) is 6.54 Å². The lowest BCUT2D eigenvalue weighted by molar-refractivity contribution is 0.160. The number of aromatic nitrogens is 2. The van der Waals surface area contributed by atoms with Gasteiger partial charge >= 0.3 is 0 Å². The zero-order valence-electron chi connectivity index (χ0n) is 11.8. The van der Waals surface area contributed by atoms with Gasteiger partial charge in [0.2, 0.25) is 0 Å². The number of nitrogens with one attached hydrogen (secondary N) is 1. The summed E-state index contributed by atoms with van der Waals surface area (Å²) in [6.07, 6.45) is 10.7. The van der Waals surface area contributed by atoms with Crippen LogP contribution in [0.4, 0.5) is 0 Å². The molecule has 2 rings (SSSR count). The van der Waals surface area contributed by atoms with Crippen molar-refractivity contribution in [1.29, 1.82) is 0 Å². The van der Waals surface area contributed by atoms with Gasteiger partial charge in [-0.3, -0.25) is 0 Å². The molecule has 0 radical (unpaired) electrons. The van der Waals surface area contributed by atoms with Gasteiger partial charge in [0, 0.05) is 30.5 Å². The van der Waals surface area contributed by atoms with Crippen LogP contribution in [-0.4, -0.2) is 16.0 Å². The maximum absolute atomic E-state index is 4.04. The van der Waals surface area contributed by atoms with Crippen LogP contribution < -0.4 is 5.32 Å². The molecule has 0 aromatic carbocycles. The second-order valence-corrected chi connectivity index (χ2v) is 6.54. The molecule has 0 unspecified atom stereocenters. The fourth-order valence-electron chi connectivity index (χ4n) is 2.85. The third-order valence-electron chi connectivity index (χ3n) is 4.16. The Morgan fingerprint density at radius 1 is 1.11 bits per heavy atom. The van der Waals surface area contributed by atoms with Gasteiger partial charge in [0.25, 0.3) is 0 Å². The van der Waals surface area contributed by atoms with E-state index in [0.29, 0.717) is 11.5 Å². The lowest BCUT2D eigenvalue weighted by Crippen LogP contribution is -2.35. The Morgan fingerprint density at radius 2 is 1.72 bits per heavy atom. The zero-order chi connectivity index (χ0) is 13.0. The van der Waals surface area contributed by atoms with Crippen molar-refractivity contribution in [3.8, 4) is 0 Å². The molecule has 1 aliphatic carbocycles. The van der Waals surface area contributed by atoms with Crippen molar-refractivity contribution in [3.05, 3.63) is 24.3 Å². The average molecular weight is 247 g/mol. The van der Waals surface area contributed by atoms with Gasteiger partial charge in [0.1, 0.15) is 6.33 Å². The molecule has 1 heterocycles. The number of nitrogens with zero attached hydrogens (tertiary/aromatic N) is 2. The molecule has 3 heteroatoms. The zero-order valence-corrected chi connectivity index (χ0v) is 11.8. The van der Waals surface area contributed by atoms with Gasteiger partial charge in [-0.1, -0.05) is 20.8 Å². The molecule has 1 aromatic rings. The predicted octanol–water partition coefficient (Wildman–Crippen LogP) is 3.17. The first kappa shape index (κ1) is 13.5. The lowest BCUT2D eigenvalue weighted by atomic mass is 9.71. The molecule has 100 valence electrons. The summed E-state index contributed by atoms with van der Waals surface area (Å²) in [5.74, 6) is 0.885. The molecule has 0 spiro atoms. The van der Waals surface area contributed by atoms with Crippen LogP contribution in [0.5, 0.6) is 0 Å². The summed E-state index contributed by atoms with van der Waals surface area (Å²) in [5.41, 5.74) is 1.65. The van der Waals surface area contributed by atoms with Crippen molar-refractivity contribution in [1.82, 2.24) is 15.3 Å². The smallest absolute Gasteiger partial charge is 0.115 e. The van der Waals surface area contributed by atoms with Gasteiger partial charge < -0.3 is 5.32 Å². The Morgan fingerprint density at radius 3 is 2.28 bits per heavy atom.